The minimum Gasteiger partial charge on any atom is -0.454 e. The molecule has 0 saturated heterocycles. The van der Waals surface area contributed by atoms with Crippen LogP contribution in [0.1, 0.15) is 23.7 Å². The minimum absolute atomic E-state index is 0.0271. The van der Waals surface area contributed by atoms with Gasteiger partial charge in [0.05, 0.1) is 5.92 Å². The lowest BCUT2D eigenvalue weighted by atomic mass is 10.1. The molecule has 0 fully saturated rings. The fraction of sp³-hybridized carbons (Fsp3) is 0.421. The molecule has 0 unspecified atom stereocenters. The zero-order chi connectivity index (χ0) is 19.0. The van der Waals surface area contributed by atoms with Crippen molar-refractivity contribution >= 4 is 17.7 Å². The standard InChI is InChI=1S/C19H21N3O4S/c1-3-14-11(2)21-19-22(18(14)24)8-13(9-27-19)17(23)20-7-12-4-5-15-16(6-12)26-10-25-15/h4-6,13H,3,7-10H2,1-2H3,(H,20,23)/t13-/m0/s1. The number of ether oxygens (including phenoxy) is 2. The first-order chi connectivity index (χ1) is 13.1. The number of hydrogen-bond acceptors (Lipinski definition) is 6. The first kappa shape index (κ1) is 17.9. The minimum atomic E-state index is -0.261. The molecule has 1 amide bonds. The second kappa shape index (κ2) is 7.26. The van der Waals surface area contributed by atoms with Gasteiger partial charge in [0, 0.05) is 30.1 Å². The Balaban J connectivity index is 1.44. The smallest absolute Gasteiger partial charge is 0.257 e. The lowest BCUT2D eigenvalue weighted by molar-refractivity contribution is -0.125. The van der Waals surface area contributed by atoms with E-state index >= 15 is 0 Å². The molecule has 1 N–H and O–H groups in total. The van der Waals surface area contributed by atoms with E-state index in [-0.39, 0.29) is 24.2 Å². The summed E-state index contributed by atoms with van der Waals surface area (Å²) >= 11 is 1.47. The van der Waals surface area contributed by atoms with Gasteiger partial charge in [-0.1, -0.05) is 24.8 Å². The lowest BCUT2D eigenvalue weighted by Crippen LogP contribution is -2.40. The summed E-state index contributed by atoms with van der Waals surface area (Å²) in [6.45, 7) is 4.82. The van der Waals surface area contributed by atoms with Gasteiger partial charge in [0.1, 0.15) is 0 Å². The summed E-state index contributed by atoms with van der Waals surface area (Å²) in [6, 6.07) is 5.62. The highest BCUT2D eigenvalue weighted by molar-refractivity contribution is 7.99. The zero-order valence-electron chi connectivity index (χ0n) is 15.3. The average Bonchev–Trinajstić information content (AvgIpc) is 3.14. The van der Waals surface area contributed by atoms with Gasteiger partial charge in [0.2, 0.25) is 12.7 Å². The SMILES string of the molecule is CCc1c(C)nc2n(c1=O)C[C@H](C(=O)NCc1ccc3c(c1)OCO3)CS2. The Morgan fingerprint density at radius 1 is 1.37 bits per heavy atom. The molecule has 1 atom stereocenters. The molecule has 142 valence electrons. The van der Waals surface area contributed by atoms with Gasteiger partial charge >= 0.3 is 0 Å². The fourth-order valence-corrected chi connectivity index (χ4v) is 4.47. The second-order valence-corrected chi connectivity index (χ2v) is 7.63. The summed E-state index contributed by atoms with van der Waals surface area (Å²) in [5, 5.41) is 3.67. The van der Waals surface area contributed by atoms with Crippen molar-refractivity contribution in [3.63, 3.8) is 0 Å². The molecular formula is C19H21N3O4S. The molecule has 0 radical (unpaired) electrons. The number of benzene rings is 1. The monoisotopic (exact) mass is 387 g/mol. The van der Waals surface area contributed by atoms with Crippen LogP contribution >= 0.6 is 11.8 Å². The highest BCUT2D eigenvalue weighted by Crippen LogP contribution is 2.32. The molecule has 1 aromatic carbocycles. The van der Waals surface area contributed by atoms with Crippen LogP contribution in [-0.4, -0.2) is 28.0 Å². The third-order valence-electron chi connectivity index (χ3n) is 4.88. The molecule has 8 heteroatoms. The summed E-state index contributed by atoms with van der Waals surface area (Å²) in [4.78, 5) is 29.8. The Morgan fingerprint density at radius 2 is 2.19 bits per heavy atom. The average molecular weight is 387 g/mol. The Bertz CT molecular complexity index is 957. The molecular weight excluding hydrogens is 366 g/mol. The van der Waals surface area contributed by atoms with E-state index in [0.717, 1.165) is 22.6 Å². The molecule has 0 spiro atoms. The Morgan fingerprint density at radius 3 is 3.00 bits per heavy atom. The molecule has 2 aliphatic rings. The fourth-order valence-electron chi connectivity index (χ4n) is 3.35. The summed E-state index contributed by atoms with van der Waals surface area (Å²) in [6.07, 6.45) is 0.642. The first-order valence-electron chi connectivity index (χ1n) is 8.96. The highest BCUT2D eigenvalue weighted by Gasteiger charge is 2.28. The predicted molar refractivity (Wildman–Crippen MR) is 101 cm³/mol. The quantitative estimate of drug-likeness (QED) is 0.807. The Hall–Kier alpha value is -2.48. The van der Waals surface area contributed by atoms with E-state index in [2.05, 4.69) is 10.3 Å². The summed E-state index contributed by atoms with van der Waals surface area (Å²) in [7, 11) is 0. The van der Waals surface area contributed by atoms with Crippen LogP contribution in [-0.2, 0) is 24.3 Å². The van der Waals surface area contributed by atoms with Crippen LogP contribution in [0.15, 0.2) is 28.2 Å². The van der Waals surface area contributed by atoms with Crippen LogP contribution in [0.3, 0.4) is 0 Å². The number of amides is 1. The highest BCUT2D eigenvalue weighted by atomic mass is 32.2. The van der Waals surface area contributed by atoms with Gasteiger partial charge in [0.25, 0.3) is 5.56 Å². The molecule has 2 aliphatic heterocycles. The molecule has 4 rings (SSSR count). The van der Waals surface area contributed by atoms with Gasteiger partial charge in [-0.25, -0.2) is 4.98 Å². The van der Waals surface area contributed by atoms with Gasteiger partial charge in [-0.15, -0.1) is 0 Å². The third-order valence-corrected chi connectivity index (χ3v) is 6.02. The number of carbonyl (C=O) groups excluding carboxylic acids is 1. The van der Waals surface area contributed by atoms with Crippen molar-refractivity contribution in [2.24, 2.45) is 5.92 Å². The number of carbonyl (C=O) groups is 1. The summed E-state index contributed by atoms with van der Waals surface area (Å²) < 4.78 is 12.3. The molecule has 0 bridgehead atoms. The number of nitrogens with zero attached hydrogens (tertiary/aromatic N) is 2. The van der Waals surface area contributed by atoms with E-state index in [1.165, 1.54) is 11.8 Å². The second-order valence-electron chi connectivity index (χ2n) is 6.64. The van der Waals surface area contributed by atoms with Crippen LogP contribution < -0.4 is 20.3 Å². The van der Waals surface area contributed by atoms with Gasteiger partial charge < -0.3 is 14.8 Å². The molecule has 1 aromatic heterocycles. The van der Waals surface area contributed by atoms with Crippen molar-refractivity contribution in [2.75, 3.05) is 12.5 Å². The Labute approximate surface area is 161 Å². The van der Waals surface area contributed by atoms with Crippen molar-refractivity contribution in [1.82, 2.24) is 14.9 Å². The number of rotatable bonds is 4. The maximum Gasteiger partial charge on any atom is 0.257 e. The van der Waals surface area contributed by atoms with E-state index in [0.29, 0.717) is 36.2 Å². The molecule has 3 heterocycles. The largest absolute Gasteiger partial charge is 0.454 e. The van der Waals surface area contributed by atoms with Gasteiger partial charge in [-0.3, -0.25) is 14.2 Å². The molecule has 7 nitrogen and oxygen atoms in total. The van der Waals surface area contributed by atoms with Gasteiger partial charge in [-0.05, 0) is 31.0 Å². The van der Waals surface area contributed by atoms with E-state index in [9.17, 15) is 9.59 Å². The Kier molecular flexibility index (Phi) is 4.82. The number of aromatic nitrogens is 2. The van der Waals surface area contributed by atoms with Crippen molar-refractivity contribution < 1.29 is 14.3 Å². The summed E-state index contributed by atoms with van der Waals surface area (Å²) in [5.41, 5.74) is 2.42. The molecule has 0 saturated carbocycles. The van der Waals surface area contributed by atoms with Crippen molar-refractivity contribution in [2.45, 2.75) is 38.5 Å². The third kappa shape index (κ3) is 3.41. The number of hydrogen-bond donors (Lipinski definition) is 1. The van der Waals surface area contributed by atoms with E-state index < -0.39 is 0 Å². The van der Waals surface area contributed by atoms with Crippen LogP contribution in [0, 0.1) is 12.8 Å². The van der Waals surface area contributed by atoms with Crippen LogP contribution in [0.5, 0.6) is 11.5 Å². The first-order valence-corrected chi connectivity index (χ1v) is 9.94. The van der Waals surface area contributed by atoms with E-state index in [1.54, 1.807) is 4.57 Å². The zero-order valence-corrected chi connectivity index (χ0v) is 16.1. The normalized spacial score (nSPS) is 17.5. The molecule has 0 aliphatic carbocycles. The number of nitrogens with one attached hydrogen (secondary N) is 1. The van der Waals surface area contributed by atoms with Crippen molar-refractivity contribution in [3.8, 4) is 11.5 Å². The van der Waals surface area contributed by atoms with Crippen molar-refractivity contribution in [3.05, 3.63) is 45.4 Å². The van der Waals surface area contributed by atoms with Gasteiger partial charge in [0.15, 0.2) is 16.7 Å². The van der Waals surface area contributed by atoms with Gasteiger partial charge in [-0.2, -0.15) is 0 Å². The number of fused-ring (bicyclic) bond motifs is 2. The van der Waals surface area contributed by atoms with Crippen LogP contribution in [0.4, 0.5) is 0 Å². The van der Waals surface area contributed by atoms with E-state index in [1.807, 2.05) is 32.0 Å². The topological polar surface area (TPSA) is 82.5 Å². The number of thioether (sulfide) groups is 1. The van der Waals surface area contributed by atoms with Crippen molar-refractivity contribution in [1.29, 1.82) is 0 Å². The maximum absolute atomic E-state index is 12.7. The van der Waals surface area contributed by atoms with Crippen LogP contribution in [0.2, 0.25) is 0 Å². The predicted octanol–water partition coefficient (Wildman–Crippen LogP) is 1.88. The maximum atomic E-state index is 12.7. The van der Waals surface area contributed by atoms with E-state index in [4.69, 9.17) is 9.47 Å². The summed E-state index contributed by atoms with van der Waals surface area (Å²) in [5.74, 6) is 1.72. The number of aryl methyl sites for hydroxylation is 1. The molecule has 2 aromatic rings. The van der Waals surface area contributed by atoms with Crippen LogP contribution in [0.25, 0.3) is 0 Å². The lowest BCUT2D eigenvalue weighted by Gasteiger charge is -2.25. The molecule has 27 heavy (non-hydrogen) atoms.